The third-order valence-electron chi connectivity index (χ3n) is 2.43. The highest BCUT2D eigenvalue weighted by molar-refractivity contribution is 9.10. The Morgan fingerprint density at radius 2 is 2.37 bits per heavy atom. The molecule has 0 saturated carbocycles. The van der Waals surface area contributed by atoms with Crippen LogP contribution >= 0.6 is 15.9 Å². The van der Waals surface area contributed by atoms with Gasteiger partial charge in [-0.15, -0.1) is 0 Å². The van der Waals surface area contributed by atoms with Gasteiger partial charge >= 0.3 is 0 Å². The van der Waals surface area contributed by atoms with Crippen molar-refractivity contribution in [1.82, 2.24) is 14.9 Å². The molecular weight excluding hydrogens is 316 g/mol. The van der Waals surface area contributed by atoms with Crippen LogP contribution in [-0.4, -0.2) is 26.7 Å². The van der Waals surface area contributed by atoms with Gasteiger partial charge in [0.1, 0.15) is 4.47 Å². The van der Waals surface area contributed by atoms with Crippen LogP contribution < -0.4 is 10.9 Å². The fourth-order valence-electron chi connectivity index (χ4n) is 1.52. The number of hydrogen-bond acceptors (Lipinski definition) is 6. The van der Waals surface area contributed by atoms with Crippen LogP contribution in [-0.2, 0) is 13.1 Å². The molecule has 2 rings (SSSR count). The lowest BCUT2D eigenvalue weighted by Gasteiger charge is -2.08. The SMILES string of the molecule is Cc1cc(CNc2cnn(CCO)c(=O)c2Br)on1. The van der Waals surface area contributed by atoms with Crippen LogP contribution in [0.4, 0.5) is 5.69 Å². The predicted molar refractivity (Wildman–Crippen MR) is 71.8 cm³/mol. The zero-order valence-electron chi connectivity index (χ0n) is 10.3. The maximum absolute atomic E-state index is 11.9. The maximum atomic E-state index is 11.9. The molecule has 0 aliphatic carbocycles. The third kappa shape index (κ3) is 3.21. The number of halogens is 1. The quantitative estimate of drug-likeness (QED) is 0.847. The van der Waals surface area contributed by atoms with E-state index in [1.54, 1.807) is 6.07 Å². The van der Waals surface area contributed by atoms with Crippen molar-refractivity contribution in [3.05, 3.63) is 38.5 Å². The molecule has 7 nitrogen and oxygen atoms in total. The average Bonchev–Trinajstić information content (AvgIpc) is 2.80. The zero-order chi connectivity index (χ0) is 13.8. The summed E-state index contributed by atoms with van der Waals surface area (Å²) in [5.41, 5.74) is 1.06. The van der Waals surface area contributed by atoms with Crippen LogP contribution in [0.1, 0.15) is 11.5 Å². The van der Waals surface area contributed by atoms with E-state index < -0.39 is 0 Å². The van der Waals surface area contributed by atoms with Gasteiger partial charge in [0.15, 0.2) is 5.76 Å². The minimum Gasteiger partial charge on any atom is -0.394 e. The minimum atomic E-state index is -0.298. The van der Waals surface area contributed by atoms with E-state index in [1.807, 2.05) is 6.92 Å². The van der Waals surface area contributed by atoms with E-state index in [-0.39, 0.29) is 18.7 Å². The molecule has 0 aromatic carbocycles. The lowest BCUT2D eigenvalue weighted by Crippen LogP contribution is -2.25. The standard InChI is InChI=1S/C11H13BrN4O3/c1-7-4-8(19-15-7)5-13-9-6-14-16(2-3-17)11(18)10(9)12/h4,6,13,17H,2-3,5H2,1H3. The number of aliphatic hydroxyl groups is 1. The van der Waals surface area contributed by atoms with E-state index in [9.17, 15) is 4.79 Å². The molecule has 0 amide bonds. The Hall–Kier alpha value is -1.67. The molecule has 2 aromatic rings. The van der Waals surface area contributed by atoms with Gasteiger partial charge in [-0.3, -0.25) is 4.79 Å². The summed E-state index contributed by atoms with van der Waals surface area (Å²) < 4.78 is 6.61. The van der Waals surface area contributed by atoms with Crippen molar-refractivity contribution in [2.24, 2.45) is 0 Å². The summed E-state index contributed by atoms with van der Waals surface area (Å²) in [6, 6.07) is 1.81. The first-order chi connectivity index (χ1) is 9.11. The number of hydrogen-bond donors (Lipinski definition) is 2. The van der Waals surface area contributed by atoms with Gasteiger partial charge in [-0.05, 0) is 22.9 Å². The minimum absolute atomic E-state index is 0.135. The summed E-state index contributed by atoms with van der Waals surface area (Å²) >= 11 is 3.22. The smallest absolute Gasteiger partial charge is 0.283 e. The highest BCUT2D eigenvalue weighted by Crippen LogP contribution is 2.17. The van der Waals surface area contributed by atoms with Crippen molar-refractivity contribution in [3.63, 3.8) is 0 Å². The van der Waals surface area contributed by atoms with E-state index in [2.05, 4.69) is 31.5 Å². The number of nitrogens with zero attached hydrogens (tertiary/aromatic N) is 3. The topological polar surface area (TPSA) is 93.2 Å². The molecule has 19 heavy (non-hydrogen) atoms. The summed E-state index contributed by atoms with van der Waals surface area (Å²) in [4.78, 5) is 11.9. The highest BCUT2D eigenvalue weighted by Gasteiger charge is 2.09. The van der Waals surface area contributed by atoms with E-state index in [0.717, 1.165) is 5.69 Å². The van der Waals surface area contributed by atoms with Gasteiger partial charge in [0.05, 0.1) is 37.3 Å². The number of rotatable bonds is 5. The Balaban J connectivity index is 2.13. The second-order valence-corrected chi connectivity index (χ2v) is 4.71. The van der Waals surface area contributed by atoms with Gasteiger partial charge in [-0.25, -0.2) is 4.68 Å². The van der Waals surface area contributed by atoms with Crippen molar-refractivity contribution < 1.29 is 9.63 Å². The maximum Gasteiger partial charge on any atom is 0.283 e. The Morgan fingerprint density at radius 1 is 1.58 bits per heavy atom. The summed E-state index contributed by atoms with van der Waals surface area (Å²) in [6.07, 6.45) is 1.52. The van der Waals surface area contributed by atoms with Gasteiger partial charge in [-0.1, -0.05) is 5.16 Å². The Morgan fingerprint density at radius 3 is 3.00 bits per heavy atom. The molecule has 0 atom stereocenters. The second-order valence-electron chi connectivity index (χ2n) is 3.91. The van der Waals surface area contributed by atoms with Crippen molar-refractivity contribution in [2.75, 3.05) is 11.9 Å². The molecule has 0 bridgehead atoms. The molecule has 0 unspecified atom stereocenters. The molecule has 102 valence electrons. The lowest BCUT2D eigenvalue weighted by molar-refractivity contribution is 0.266. The van der Waals surface area contributed by atoms with Crippen LogP contribution in [0.25, 0.3) is 0 Å². The Bertz CT molecular complexity index is 623. The van der Waals surface area contributed by atoms with Gasteiger partial charge in [-0.2, -0.15) is 5.10 Å². The zero-order valence-corrected chi connectivity index (χ0v) is 11.8. The van der Waals surface area contributed by atoms with Crippen LogP contribution in [0.15, 0.2) is 26.1 Å². The molecule has 2 aromatic heterocycles. The first-order valence-corrected chi connectivity index (χ1v) is 6.43. The number of nitrogens with one attached hydrogen (secondary N) is 1. The first-order valence-electron chi connectivity index (χ1n) is 5.64. The molecule has 0 saturated heterocycles. The van der Waals surface area contributed by atoms with Crippen LogP contribution in [0.5, 0.6) is 0 Å². The van der Waals surface area contributed by atoms with E-state index in [0.29, 0.717) is 22.5 Å². The fraction of sp³-hybridized carbons (Fsp3) is 0.364. The molecule has 0 aliphatic heterocycles. The van der Waals surface area contributed by atoms with Crippen LogP contribution in [0, 0.1) is 6.92 Å². The number of anilines is 1. The second kappa shape index (κ2) is 5.98. The van der Waals surface area contributed by atoms with Crippen molar-refractivity contribution >= 4 is 21.6 Å². The molecule has 2 heterocycles. The van der Waals surface area contributed by atoms with Crippen molar-refractivity contribution in [1.29, 1.82) is 0 Å². The fourth-order valence-corrected chi connectivity index (χ4v) is 1.97. The summed E-state index contributed by atoms with van der Waals surface area (Å²) in [5, 5.41) is 19.6. The van der Waals surface area contributed by atoms with Gasteiger partial charge in [0.25, 0.3) is 5.56 Å². The van der Waals surface area contributed by atoms with Gasteiger partial charge in [0, 0.05) is 6.07 Å². The molecule has 8 heteroatoms. The van der Waals surface area contributed by atoms with Crippen LogP contribution in [0.3, 0.4) is 0 Å². The normalized spacial score (nSPS) is 10.7. The van der Waals surface area contributed by atoms with E-state index >= 15 is 0 Å². The molecular formula is C11H13BrN4O3. The average molecular weight is 329 g/mol. The molecule has 0 radical (unpaired) electrons. The van der Waals surface area contributed by atoms with Crippen LogP contribution in [0.2, 0.25) is 0 Å². The summed E-state index contributed by atoms with van der Waals surface area (Å²) in [5.74, 6) is 0.670. The monoisotopic (exact) mass is 328 g/mol. The summed E-state index contributed by atoms with van der Waals surface area (Å²) in [6.45, 7) is 2.27. The highest BCUT2D eigenvalue weighted by atomic mass is 79.9. The van der Waals surface area contributed by atoms with E-state index in [4.69, 9.17) is 9.63 Å². The Kier molecular flexibility index (Phi) is 4.33. The molecule has 0 aliphatic rings. The van der Waals surface area contributed by atoms with Gasteiger partial charge in [0.2, 0.25) is 0 Å². The number of aryl methyl sites for hydroxylation is 1. The lowest BCUT2D eigenvalue weighted by atomic mass is 10.3. The Labute approximate surface area is 117 Å². The van der Waals surface area contributed by atoms with Crippen molar-refractivity contribution in [3.8, 4) is 0 Å². The molecule has 2 N–H and O–H groups in total. The predicted octanol–water partition coefficient (Wildman–Crippen LogP) is 0.907. The largest absolute Gasteiger partial charge is 0.394 e. The number of aliphatic hydroxyl groups excluding tert-OH is 1. The molecule has 0 spiro atoms. The van der Waals surface area contributed by atoms with E-state index in [1.165, 1.54) is 10.9 Å². The molecule has 0 fully saturated rings. The summed E-state index contributed by atoms with van der Waals surface area (Å²) in [7, 11) is 0. The third-order valence-corrected chi connectivity index (χ3v) is 3.19. The first kappa shape index (κ1) is 13.8. The van der Waals surface area contributed by atoms with Crippen molar-refractivity contribution in [2.45, 2.75) is 20.0 Å². The van der Waals surface area contributed by atoms with Gasteiger partial charge < -0.3 is 14.9 Å². The number of aromatic nitrogens is 3.